The summed E-state index contributed by atoms with van der Waals surface area (Å²) in [4.78, 5) is 0. The van der Waals surface area contributed by atoms with Gasteiger partial charge in [-0.1, -0.05) is 49.4 Å². The smallest absolute Gasteiger partial charge is 0.261 e. The number of hydrogen-bond acceptors (Lipinski definition) is 3. The molecule has 0 bridgehead atoms. The molecule has 2 aromatic rings. The highest BCUT2D eigenvalue weighted by molar-refractivity contribution is 7.80. The first-order valence-corrected chi connectivity index (χ1v) is 10.5. The lowest BCUT2D eigenvalue weighted by atomic mass is 9.84. The number of rotatable bonds is 3. The highest BCUT2D eigenvalue weighted by Gasteiger charge is 2.46. The highest BCUT2D eigenvalue weighted by atomic mass is 32.1. The van der Waals surface area contributed by atoms with E-state index in [0.29, 0.717) is 11.1 Å². The summed E-state index contributed by atoms with van der Waals surface area (Å²) in [7, 11) is 0. The number of fused-ring (bicyclic) bond motifs is 2. The zero-order chi connectivity index (χ0) is 20.6. The molecule has 0 amide bonds. The van der Waals surface area contributed by atoms with Crippen molar-refractivity contribution in [2.75, 3.05) is 0 Å². The largest absolute Gasteiger partial charge is 0.479 e. The van der Waals surface area contributed by atoms with E-state index in [0.717, 1.165) is 28.8 Å². The van der Waals surface area contributed by atoms with Crippen molar-refractivity contribution in [1.29, 1.82) is 0 Å². The summed E-state index contributed by atoms with van der Waals surface area (Å²) < 4.78 is 12.7. The van der Waals surface area contributed by atoms with E-state index in [2.05, 4.69) is 66.9 Å². The standard InChI is InChI=1S/C25H27NO2S/c1-17-9-5-8-12-21(17)26-23(29)28-24(2,3)25(4)14-13-20-15-18-10-6-7-11-19(18)16-22(20)27-25/h5-8,10-17H,9H2,1-4H3,(H,26,29). The molecule has 0 saturated carbocycles. The second kappa shape index (κ2) is 7.34. The van der Waals surface area contributed by atoms with Crippen LogP contribution in [0.1, 0.15) is 39.7 Å². The molecule has 0 radical (unpaired) electrons. The van der Waals surface area contributed by atoms with E-state index >= 15 is 0 Å². The third-order valence-electron chi connectivity index (χ3n) is 6.00. The maximum absolute atomic E-state index is 6.48. The first-order valence-electron chi connectivity index (χ1n) is 10.1. The molecular weight excluding hydrogens is 378 g/mol. The Labute approximate surface area is 178 Å². The molecule has 150 valence electrons. The van der Waals surface area contributed by atoms with E-state index in [1.165, 1.54) is 5.39 Å². The molecule has 1 heterocycles. The van der Waals surface area contributed by atoms with Crippen molar-refractivity contribution in [2.24, 2.45) is 5.92 Å². The summed E-state index contributed by atoms with van der Waals surface area (Å²) in [5, 5.41) is 5.99. The minimum atomic E-state index is -0.675. The Kier molecular flexibility index (Phi) is 4.99. The molecule has 4 rings (SSSR count). The van der Waals surface area contributed by atoms with Gasteiger partial charge in [0.15, 0.2) is 5.60 Å². The fourth-order valence-electron chi connectivity index (χ4n) is 3.68. The van der Waals surface area contributed by atoms with Crippen LogP contribution in [0.25, 0.3) is 16.8 Å². The van der Waals surface area contributed by atoms with Gasteiger partial charge in [0.1, 0.15) is 11.4 Å². The lowest BCUT2D eigenvalue weighted by Gasteiger charge is -2.43. The van der Waals surface area contributed by atoms with Gasteiger partial charge in [0.2, 0.25) is 0 Å². The zero-order valence-corrected chi connectivity index (χ0v) is 18.2. The molecule has 29 heavy (non-hydrogen) atoms. The molecule has 2 atom stereocenters. The molecule has 3 nitrogen and oxygen atoms in total. The van der Waals surface area contributed by atoms with Crippen LogP contribution in [-0.2, 0) is 4.74 Å². The number of thiocarbonyl (C=S) groups is 1. The Balaban J connectivity index is 1.54. The highest BCUT2D eigenvalue weighted by Crippen LogP contribution is 2.40. The van der Waals surface area contributed by atoms with Crippen LogP contribution in [0.15, 0.2) is 66.4 Å². The van der Waals surface area contributed by atoms with E-state index in [-0.39, 0.29) is 0 Å². The Morgan fingerprint density at radius 2 is 1.97 bits per heavy atom. The lowest BCUT2D eigenvalue weighted by Crippen LogP contribution is -2.55. The van der Waals surface area contributed by atoms with Crippen molar-refractivity contribution in [3.05, 3.63) is 72.0 Å². The van der Waals surface area contributed by atoms with Crippen LogP contribution in [0.3, 0.4) is 0 Å². The predicted molar refractivity (Wildman–Crippen MR) is 124 cm³/mol. The Morgan fingerprint density at radius 1 is 1.24 bits per heavy atom. The van der Waals surface area contributed by atoms with E-state index in [1.54, 1.807) is 0 Å². The second-order valence-electron chi connectivity index (χ2n) is 8.49. The monoisotopic (exact) mass is 405 g/mol. The van der Waals surface area contributed by atoms with Crippen molar-refractivity contribution in [1.82, 2.24) is 5.32 Å². The summed E-state index contributed by atoms with van der Waals surface area (Å²) in [6.07, 6.45) is 11.4. The van der Waals surface area contributed by atoms with Crippen LogP contribution in [0.2, 0.25) is 0 Å². The summed E-state index contributed by atoms with van der Waals surface area (Å²) in [5.41, 5.74) is 0.812. The third-order valence-corrected chi connectivity index (χ3v) is 6.19. The molecule has 0 fully saturated rings. The van der Waals surface area contributed by atoms with Crippen LogP contribution in [0.4, 0.5) is 0 Å². The van der Waals surface area contributed by atoms with E-state index in [9.17, 15) is 0 Å². The van der Waals surface area contributed by atoms with Gasteiger partial charge in [0, 0.05) is 11.3 Å². The van der Waals surface area contributed by atoms with Gasteiger partial charge in [-0.2, -0.15) is 0 Å². The topological polar surface area (TPSA) is 30.5 Å². The molecule has 2 aliphatic rings. The molecule has 4 heteroatoms. The number of hydrogen-bond donors (Lipinski definition) is 1. The first-order chi connectivity index (χ1) is 13.8. The molecule has 1 aliphatic heterocycles. The molecule has 0 saturated heterocycles. The molecule has 0 aromatic heterocycles. The number of allylic oxidation sites excluding steroid dienone is 4. The molecule has 2 unspecified atom stereocenters. The molecule has 0 spiro atoms. The van der Waals surface area contributed by atoms with Crippen LogP contribution >= 0.6 is 12.2 Å². The van der Waals surface area contributed by atoms with Gasteiger partial charge in [-0.05, 0) is 80.4 Å². The van der Waals surface area contributed by atoms with E-state index in [4.69, 9.17) is 21.7 Å². The predicted octanol–water partition coefficient (Wildman–Crippen LogP) is 6.15. The van der Waals surface area contributed by atoms with Crippen molar-refractivity contribution in [3.63, 3.8) is 0 Å². The van der Waals surface area contributed by atoms with Crippen LogP contribution in [0.5, 0.6) is 5.75 Å². The summed E-state index contributed by atoms with van der Waals surface area (Å²) in [6.45, 7) is 8.23. The number of ether oxygens (including phenoxy) is 2. The van der Waals surface area contributed by atoms with Crippen LogP contribution in [-0.4, -0.2) is 16.4 Å². The molecule has 2 aromatic carbocycles. The average Bonchev–Trinajstić information content (AvgIpc) is 2.67. The van der Waals surface area contributed by atoms with E-state index < -0.39 is 11.2 Å². The van der Waals surface area contributed by atoms with Gasteiger partial charge in [-0.3, -0.25) is 0 Å². The van der Waals surface area contributed by atoms with Crippen molar-refractivity contribution in [2.45, 2.75) is 45.3 Å². The number of benzene rings is 2. The maximum Gasteiger partial charge on any atom is 0.261 e. The fourth-order valence-corrected chi connectivity index (χ4v) is 4.00. The van der Waals surface area contributed by atoms with Gasteiger partial charge in [0.25, 0.3) is 5.17 Å². The van der Waals surface area contributed by atoms with Gasteiger partial charge >= 0.3 is 0 Å². The SMILES string of the molecule is CC1CC=CC=C1NC(=S)OC(C)(C)C1(C)C=Cc2cc3ccccc3cc2O1. The lowest BCUT2D eigenvalue weighted by molar-refractivity contribution is -0.0632. The van der Waals surface area contributed by atoms with Crippen molar-refractivity contribution in [3.8, 4) is 5.75 Å². The fraction of sp³-hybridized carbons (Fsp3) is 0.320. The minimum Gasteiger partial charge on any atom is -0.479 e. The second-order valence-corrected chi connectivity index (χ2v) is 8.86. The van der Waals surface area contributed by atoms with Gasteiger partial charge in [-0.15, -0.1) is 0 Å². The quantitative estimate of drug-likeness (QED) is 0.620. The van der Waals surface area contributed by atoms with Crippen molar-refractivity contribution >= 4 is 34.2 Å². The maximum atomic E-state index is 6.48. The van der Waals surface area contributed by atoms with Gasteiger partial charge in [-0.25, -0.2) is 0 Å². The average molecular weight is 406 g/mol. The zero-order valence-electron chi connectivity index (χ0n) is 17.4. The van der Waals surface area contributed by atoms with Gasteiger partial charge in [0.05, 0.1) is 0 Å². The van der Waals surface area contributed by atoms with E-state index in [1.807, 2.05) is 32.9 Å². The Hall–Kier alpha value is -2.59. The molecule has 1 N–H and O–H groups in total. The Morgan fingerprint density at radius 3 is 2.69 bits per heavy atom. The first kappa shape index (κ1) is 19.7. The summed E-state index contributed by atoms with van der Waals surface area (Å²) in [5.74, 6) is 1.25. The third kappa shape index (κ3) is 3.82. The van der Waals surface area contributed by atoms with Crippen LogP contribution < -0.4 is 10.1 Å². The molecular formula is C25H27NO2S. The van der Waals surface area contributed by atoms with Crippen molar-refractivity contribution < 1.29 is 9.47 Å². The number of nitrogens with one attached hydrogen (secondary N) is 1. The summed E-state index contributed by atoms with van der Waals surface area (Å²) in [6, 6.07) is 12.6. The Bertz CT molecular complexity index is 1050. The van der Waals surface area contributed by atoms with Gasteiger partial charge < -0.3 is 14.8 Å². The minimum absolute atomic E-state index is 0.367. The summed E-state index contributed by atoms with van der Waals surface area (Å²) >= 11 is 5.52. The van der Waals surface area contributed by atoms with Crippen LogP contribution in [0, 0.1) is 5.92 Å². The normalized spacial score (nSPS) is 23.2. The molecule has 1 aliphatic carbocycles.